The van der Waals surface area contributed by atoms with E-state index in [1.54, 1.807) is 0 Å². The second-order valence-electron chi connectivity index (χ2n) is 6.50. The first-order valence-corrected chi connectivity index (χ1v) is 8.25. The van der Waals surface area contributed by atoms with E-state index < -0.39 is 5.60 Å². The lowest BCUT2D eigenvalue weighted by atomic mass is 9.77. The average molecular weight is 295 g/mol. The minimum Gasteiger partial charge on any atom is -0.380 e. The minimum absolute atomic E-state index is 0.0936. The molecule has 2 N–H and O–H groups in total. The largest absolute Gasteiger partial charge is 0.380 e. The van der Waals surface area contributed by atoms with Gasteiger partial charge in [0.2, 0.25) is 0 Å². The maximum absolute atomic E-state index is 11.6. The number of hydrogen-bond acceptors (Lipinski definition) is 2. The van der Waals surface area contributed by atoms with Crippen LogP contribution >= 0.6 is 0 Å². The normalized spacial score (nSPS) is 16.5. The molecule has 0 aliphatic heterocycles. The van der Waals surface area contributed by atoms with E-state index in [4.69, 9.17) is 0 Å². The molecule has 1 aliphatic carbocycles. The smallest absolute Gasteiger partial charge is 0.118 e. The highest BCUT2D eigenvalue weighted by Gasteiger charge is 2.37. The highest BCUT2D eigenvalue weighted by Crippen LogP contribution is 2.36. The molecule has 2 heteroatoms. The molecule has 0 spiro atoms. The van der Waals surface area contributed by atoms with Gasteiger partial charge in [-0.15, -0.1) is 0 Å². The van der Waals surface area contributed by atoms with Crippen molar-refractivity contribution in [2.24, 2.45) is 11.8 Å². The van der Waals surface area contributed by atoms with Crippen LogP contribution in [-0.2, 0) is 5.60 Å². The Bertz CT molecular complexity index is 538. The molecule has 116 valence electrons. The van der Waals surface area contributed by atoms with Crippen LogP contribution in [0.4, 0.5) is 0 Å². The zero-order valence-corrected chi connectivity index (χ0v) is 13.2. The topological polar surface area (TPSA) is 32.3 Å². The fraction of sp³-hybridized carbons (Fsp3) is 0.400. The predicted octanol–water partition coefficient (Wildman–Crippen LogP) is 3.56. The molecule has 2 nitrogen and oxygen atoms in total. The summed E-state index contributed by atoms with van der Waals surface area (Å²) in [6.07, 6.45) is 2.70. The van der Waals surface area contributed by atoms with Gasteiger partial charge in [-0.2, -0.15) is 0 Å². The number of benzene rings is 2. The van der Waals surface area contributed by atoms with Crippen molar-refractivity contribution in [2.75, 3.05) is 13.1 Å². The van der Waals surface area contributed by atoms with Gasteiger partial charge >= 0.3 is 0 Å². The summed E-state index contributed by atoms with van der Waals surface area (Å²) in [6, 6.07) is 20.0. The third-order valence-corrected chi connectivity index (χ3v) is 4.72. The highest BCUT2D eigenvalue weighted by molar-refractivity contribution is 5.36. The molecular formula is C20H25NO. The first-order chi connectivity index (χ1) is 10.7. The Morgan fingerprint density at radius 3 is 1.95 bits per heavy atom. The summed E-state index contributed by atoms with van der Waals surface area (Å²) in [5.74, 6) is 0.949. The second-order valence-corrected chi connectivity index (χ2v) is 6.50. The van der Waals surface area contributed by atoms with E-state index in [1.807, 2.05) is 60.7 Å². The molecule has 1 atom stereocenters. The number of nitrogens with one attached hydrogen (secondary N) is 1. The fourth-order valence-corrected chi connectivity index (χ4v) is 3.09. The van der Waals surface area contributed by atoms with Crippen molar-refractivity contribution in [3.63, 3.8) is 0 Å². The van der Waals surface area contributed by atoms with Crippen molar-refractivity contribution in [3.05, 3.63) is 71.8 Å². The zero-order chi connectivity index (χ0) is 15.4. The lowest BCUT2D eigenvalue weighted by Gasteiger charge is -2.35. The number of rotatable bonds is 7. The molecule has 0 saturated heterocycles. The van der Waals surface area contributed by atoms with Gasteiger partial charge < -0.3 is 10.4 Å². The van der Waals surface area contributed by atoms with Gasteiger partial charge in [-0.25, -0.2) is 0 Å². The van der Waals surface area contributed by atoms with Crippen molar-refractivity contribution >= 4 is 0 Å². The summed E-state index contributed by atoms with van der Waals surface area (Å²) in [5.41, 5.74) is 0.961. The Labute approximate surface area is 133 Å². The molecule has 0 radical (unpaired) electrons. The van der Waals surface area contributed by atoms with Crippen LogP contribution in [0.5, 0.6) is 0 Å². The molecule has 22 heavy (non-hydrogen) atoms. The first kappa shape index (κ1) is 15.3. The SMILES string of the molecule is CC(CNCC1CC1)C(O)(c1ccccc1)c1ccccc1. The van der Waals surface area contributed by atoms with Crippen LogP contribution in [0.25, 0.3) is 0 Å². The van der Waals surface area contributed by atoms with E-state index in [9.17, 15) is 5.11 Å². The molecule has 0 aromatic heterocycles. The van der Waals surface area contributed by atoms with Crippen molar-refractivity contribution < 1.29 is 5.11 Å². The molecular weight excluding hydrogens is 270 g/mol. The number of aliphatic hydroxyl groups is 1. The Morgan fingerprint density at radius 2 is 1.50 bits per heavy atom. The third kappa shape index (κ3) is 3.23. The Kier molecular flexibility index (Phi) is 4.60. The van der Waals surface area contributed by atoms with Crippen LogP contribution in [0.3, 0.4) is 0 Å². The molecule has 1 fully saturated rings. The molecule has 0 heterocycles. The van der Waals surface area contributed by atoms with Crippen molar-refractivity contribution in [1.29, 1.82) is 0 Å². The molecule has 2 aromatic carbocycles. The quantitative estimate of drug-likeness (QED) is 0.818. The number of hydrogen-bond donors (Lipinski definition) is 2. The van der Waals surface area contributed by atoms with E-state index in [0.717, 1.165) is 30.1 Å². The third-order valence-electron chi connectivity index (χ3n) is 4.72. The monoisotopic (exact) mass is 295 g/mol. The summed E-state index contributed by atoms with van der Waals surface area (Å²) in [6.45, 7) is 4.01. The predicted molar refractivity (Wildman–Crippen MR) is 90.6 cm³/mol. The van der Waals surface area contributed by atoms with Gasteiger partial charge in [0.15, 0.2) is 0 Å². The van der Waals surface area contributed by atoms with Gasteiger partial charge in [-0.1, -0.05) is 67.6 Å². The van der Waals surface area contributed by atoms with Crippen molar-refractivity contribution in [2.45, 2.75) is 25.4 Å². The highest BCUT2D eigenvalue weighted by atomic mass is 16.3. The van der Waals surface area contributed by atoms with Gasteiger partial charge in [0.05, 0.1) is 0 Å². The maximum atomic E-state index is 11.6. The van der Waals surface area contributed by atoms with Gasteiger partial charge in [0, 0.05) is 12.5 Å². The zero-order valence-electron chi connectivity index (χ0n) is 13.2. The summed E-state index contributed by atoms with van der Waals surface area (Å²) >= 11 is 0. The van der Waals surface area contributed by atoms with Gasteiger partial charge in [0.1, 0.15) is 5.60 Å². The maximum Gasteiger partial charge on any atom is 0.118 e. The van der Waals surface area contributed by atoms with Crippen molar-refractivity contribution in [1.82, 2.24) is 5.32 Å². The molecule has 0 bridgehead atoms. The van der Waals surface area contributed by atoms with Crippen LogP contribution in [0, 0.1) is 11.8 Å². The summed E-state index contributed by atoms with van der Waals surface area (Å²) in [7, 11) is 0. The molecule has 3 rings (SSSR count). The van der Waals surface area contributed by atoms with Crippen LogP contribution in [0.15, 0.2) is 60.7 Å². The van der Waals surface area contributed by atoms with Gasteiger partial charge in [-0.3, -0.25) is 0 Å². The van der Waals surface area contributed by atoms with Crippen molar-refractivity contribution in [3.8, 4) is 0 Å². The summed E-state index contributed by atoms with van der Waals surface area (Å²) in [4.78, 5) is 0. The molecule has 0 amide bonds. The van der Waals surface area contributed by atoms with Crippen LogP contribution in [0.1, 0.15) is 30.9 Å². The second kappa shape index (κ2) is 6.64. The average Bonchev–Trinajstić information content (AvgIpc) is 3.40. The van der Waals surface area contributed by atoms with E-state index in [0.29, 0.717) is 0 Å². The van der Waals surface area contributed by atoms with Gasteiger partial charge in [-0.05, 0) is 36.4 Å². The molecule has 1 aliphatic rings. The molecule has 1 unspecified atom stereocenters. The van der Waals surface area contributed by atoms with Crippen LogP contribution in [0.2, 0.25) is 0 Å². The van der Waals surface area contributed by atoms with Crippen LogP contribution in [-0.4, -0.2) is 18.2 Å². The van der Waals surface area contributed by atoms with Gasteiger partial charge in [0.25, 0.3) is 0 Å². The molecule has 1 saturated carbocycles. The lowest BCUT2D eigenvalue weighted by molar-refractivity contribution is 0.0240. The standard InChI is InChI=1S/C20H25NO/c1-16(14-21-15-17-12-13-17)20(22,18-8-4-2-5-9-18)19-10-6-3-7-11-19/h2-11,16-17,21-22H,12-15H2,1H3. The summed E-state index contributed by atoms with van der Waals surface area (Å²) in [5, 5.41) is 15.1. The van der Waals surface area contributed by atoms with Crippen LogP contribution < -0.4 is 5.32 Å². The fourth-order valence-electron chi connectivity index (χ4n) is 3.09. The minimum atomic E-state index is -0.959. The van der Waals surface area contributed by atoms with E-state index in [-0.39, 0.29) is 5.92 Å². The molecule has 2 aromatic rings. The Balaban J connectivity index is 1.85. The lowest BCUT2D eigenvalue weighted by Crippen LogP contribution is -2.40. The van der Waals surface area contributed by atoms with E-state index in [1.165, 1.54) is 12.8 Å². The Morgan fingerprint density at radius 1 is 1.00 bits per heavy atom. The van der Waals surface area contributed by atoms with E-state index in [2.05, 4.69) is 12.2 Å². The summed E-state index contributed by atoms with van der Waals surface area (Å²) < 4.78 is 0. The van der Waals surface area contributed by atoms with E-state index >= 15 is 0 Å². The Hall–Kier alpha value is -1.64. The first-order valence-electron chi connectivity index (χ1n) is 8.25.